The summed E-state index contributed by atoms with van der Waals surface area (Å²) < 4.78 is 0. The standard InChI is InChI=1S/C13H19NO5/c15-7-13(8-16,9-17)14-6-11(12(18)19)10-4-2-1-3-5-10/h1-5,11,14-17H,6-9H2,(H,18,19). The first-order chi connectivity index (χ1) is 9.08. The first-order valence-electron chi connectivity index (χ1n) is 5.94. The first-order valence-corrected chi connectivity index (χ1v) is 5.94. The minimum Gasteiger partial charge on any atom is -0.481 e. The van der Waals surface area contributed by atoms with Gasteiger partial charge in [-0.2, -0.15) is 0 Å². The van der Waals surface area contributed by atoms with Crippen LogP contribution in [0, 0.1) is 0 Å². The molecule has 0 aliphatic heterocycles. The molecule has 0 saturated heterocycles. The number of rotatable bonds is 8. The molecule has 0 aromatic heterocycles. The molecule has 0 heterocycles. The Morgan fingerprint density at radius 2 is 1.63 bits per heavy atom. The van der Waals surface area contributed by atoms with Crippen LogP contribution in [0.5, 0.6) is 0 Å². The molecule has 0 bridgehead atoms. The van der Waals surface area contributed by atoms with Gasteiger partial charge in [0.05, 0.1) is 31.3 Å². The van der Waals surface area contributed by atoms with Gasteiger partial charge >= 0.3 is 5.97 Å². The second kappa shape index (κ2) is 7.20. The summed E-state index contributed by atoms with van der Waals surface area (Å²) in [7, 11) is 0. The van der Waals surface area contributed by atoms with Crippen LogP contribution in [0.1, 0.15) is 11.5 Å². The first kappa shape index (κ1) is 15.6. The van der Waals surface area contributed by atoms with Crippen LogP contribution >= 0.6 is 0 Å². The third-order valence-electron chi connectivity index (χ3n) is 3.09. The molecule has 1 rings (SSSR count). The van der Waals surface area contributed by atoms with Crippen LogP contribution in [0.4, 0.5) is 0 Å². The lowest BCUT2D eigenvalue weighted by Crippen LogP contribution is -2.56. The van der Waals surface area contributed by atoms with Crippen LogP contribution in [0.3, 0.4) is 0 Å². The number of aliphatic hydroxyl groups is 3. The maximum Gasteiger partial charge on any atom is 0.312 e. The van der Waals surface area contributed by atoms with Gasteiger partial charge in [0.1, 0.15) is 0 Å². The van der Waals surface area contributed by atoms with Gasteiger partial charge in [0, 0.05) is 6.54 Å². The van der Waals surface area contributed by atoms with Gasteiger partial charge in [-0.25, -0.2) is 0 Å². The van der Waals surface area contributed by atoms with Crippen LogP contribution in [-0.4, -0.2) is 58.3 Å². The Bertz CT molecular complexity index is 383. The molecule has 6 nitrogen and oxygen atoms in total. The van der Waals surface area contributed by atoms with E-state index in [1.54, 1.807) is 30.3 Å². The Hall–Kier alpha value is -1.47. The van der Waals surface area contributed by atoms with Gasteiger partial charge < -0.3 is 25.7 Å². The van der Waals surface area contributed by atoms with Crippen molar-refractivity contribution in [1.82, 2.24) is 5.32 Å². The lowest BCUT2D eigenvalue weighted by Gasteiger charge is -2.30. The third kappa shape index (κ3) is 4.00. The molecular formula is C13H19NO5. The number of carboxylic acids is 1. The summed E-state index contributed by atoms with van der Waals surface area (Å²) in [6, 6.07) is 8.65. The van der Waals surface area contributed by atoms with Crippen molar-refractivity contribution in [1.29, 1.82) is 0 Å². The number of aliphatic carboxylic acids is 1. The number of benzene rings is 1. The second-order valence-electron chi connectivity index (χ2n) is 4.44. The predicted octanol–water partition coefficient (Wildman–Crippen LogP) is -0.840. The highest BCUT2D eigenvalue weighted by Crippen LogP contribution is 2.16. The van der Waals surface area contributed by atoms with Gasteiger partial charge in [-0.3, -0.25) is 4.79 Å². The maximum absolute atomic E-state index is 11.3. The van der Waals surface area contributed by atoms with Gasteiger partial charge in [0.25, 0.3) is 0 Å². The van der Waals surface area contributed by atoms with E-state index in [-0.39, 0.29) is 6.54 Å². The van der Waals surface area contributed by atoms with E-state index in [0.717, 1.165) is 0 Å². The number of aliphatic hydroxyl groups excluding tert-OH is 3. The normalized spacial score (nSPS) is 13.2. The number of hydrogen-bond acceptors (Lipinski definition) is 5. The van der Waals surface area contributed by atoms with E-state index in [4.69, 9.17) is 15.3 Å². The average molecular weight is 269 g/mol. The van der Waals surface area contributed by atoms with E-state index in [0.29, 0.717) is 5.56 Å². The van der Waals surface area contributed by atoms with E-state index in [1.807, 2.05) is 0 Å². The van der Waals surface area contributed by atoms with Crippen molar-refractivity contribution < 1.29 is 25.2 Å². The Morgan fingerprint density at radius 3 is 2.05 bits per heavy atom. The molecule has 1 atom stereocenters. The van der Waals surface area contributed by atoms with Crippen molar-refractivity contribution >= 4 is 5.97 Å². The molecule has 1 aromatic rings. The highest BCUT2D eigenvalue weighted by atomic mass is 16.4. The summed E-state index contributed by atoms with van der Waals surface area (Å²) in [4.78, 5) is 11.3. The van der Waals surface area contributed by atoms with E-state index in [1.165, 1.54) is 0 Å². The summed E-state index contributed by atoms with van der Waals surface area (Å²) in [6.07, 6.45) is 0. The molecule has 1 unspecified atom stereocenters. The van der Waals surface area contributed by atoms with Crippen molar-refractivity contribution in [3.8, 4) is 0 Å². The van der Waals surface area contributed by atoms with Crippen LogP contribution in [0.2, 0.25) is 0 Å². The molecule has 0 amide bonds. The summed E-state index contributed by atoms with van der Waals surface area (Å²) in [5.41, 5.74) is -0.659. The lowest BCUT2D eigenvalue weighted by atomic mass is 9.96. The molecule has 0 saturated carbocycles. The Labute approximate surface area is 111 Å². The molecular weight excluding hydrogens is 250 g/mol. The Kier molecular flexibility index (Phi) is 5.91. The summed E-state index contributed by atoms with van der Waals surface area (Å²) >= 11 is 0. The molecule has 5 N–H and O–H groups in total. The topological polar surface area (TPSA) is 110 Å². The molecule has 106 valence electrons. The zero-order valence-corrected chi connectivity index (χ0v) is 10.5. The van der Waals surface area contributed by atoms with Gasteiger partial charge in [-0.15, -0.1) is 0 Å². The van der Waals surface area contributed by atoms with Crippen LogP contribution in [0.25, 0.3) is 0 Å². The third-order valence-corrected chi connectivity index (χ3v) is 3.09. The van der Waals surface area contributed by atoms with Gasteiger partial charge in [0.15, 0.2) is 0 Å². The molecule has 0 aliphatic rings. The van der Waals surface area contributed by atoms with E-state index in [9.17, 15) is 9.90 Å². The van der Waals surface area contributed by atoms with E-state index < -0.39 is 37.2 Å². The predicted molar refractivity (Wildman–Crippen MR) is 68.8 cm³/mol. The summed E-state index contributed by atoms with van der Waals surface area (Å²) in [6.45, 7) is -1.45. The van der Waals surface area contributed by atoms with Crippen LogP contribution < -0.4 is 5.32 Å². The van der Waals surface area contributed by atoms with Crippen molar-refractivity contribution in [2.45, 2.75) is 11.5 Å². The number of carbonyl (C=O) groups is 1. The quantitative estimate of drug-likeness (QED) is 0.421. The Balaban J connectivity index is 2.78. The van der Waals surface area contributed by atoms with Crippen molar-refractivity contribution in [2.24, 2.45) is 0 Å². The highest BCUT2D eigenvalue weighted by molar-refractivity contribution is 5.76. The molecule has 1 aromatic carbocycles. The maximum atomic E-state index is 11.3. The van der Waals surface area contributed by atoms with Gasteiger partial charge in [0.2, 0.25) is 0 Å². The molecule has 0 fully saturated rings. The van der Waals surface area contributed by atoms with E-state index in [2.05, 4.69) is 5.32 Å². The SMILES string of the molecule is O=C(O)C(CNC(CO)(CO)CO)c1ccccc1. The fourth-order valence-corrected chi connectivity index (χ4v) is 1.67. The van der Waals surface area contributed by atoms with Gasteiger partial charge in [-0.1, -0.05) is 30.3 Å². The number of carboxylic acid groups (broad SMARTS) is 1. The fraction of sp³-hybridized carbons (Fsp3) is 0.462. The Morgan fingerprint density at radius 1 is 1.11 bits per heavy atom. The van der Waals surface area contributed by atoms with Gasteiger partial charge in [-0.05, 0) is 5.56 Å². The van der Waals surface area contributed by atoms with Crippen molar-refractivity contribution in [3.05, 3.63) is 35.9 Å². The molecule has 0 aliphatic carbocycles. The summed E-state index contributed by atoms with van der Waals surface area (Å²) in [5.74, 6) is -1.83. The summed E-state index contributed by atoms with van der Waals surface area (Å²) in [5, 5.41) is 39.5. The minimum absolute atomic E-state index is 0.00102. The van der Waals surface area contributed by atoms with Crippen LogP contribution in [0.15, 0.2) is 30.3 Å². The second-order valence-corrected chi connectivity index (χ2v) is 4.44. The smallest absolute Gasteiger partial charge is 0.312 e. The molecule has 6 heteroatoms. The number of hydrogen-bond donors (Lipinski definition) is 5. The molecule has 19 heavy (non-hydrogen) atoms. The average Bonchev–Trinajstić information content (AvgIpc) is 2.45. The fourth-order valence-electron chi connectivity index (χ4n) is 1.67. The zero-order valence-electron chi connectivity index (χ0n) is 10.5. The largest absolute Gasteiger partial charge is 0.481 e. The number of nitrogens with one attached hydrogen (secondary N) is 1. The lowest BCUT2D eigenvalue weighted by molar-refractivity contribution is -0.138. The molecule has 0 radical (unpaired) electrons. The van der Waals surface area contributed by atoms with Crippen molar-refractivity contribution in [3.63, 3.8) is 0 Å². The monoisotopic (exact) mass is 269 g/mol. The minimum atomic E-state index is -1.28. The van der Waals surface area contributed by atoms with Crippen molar-refractivity contribution in [2.75, 3.05) is 26.4 Å². The molecule has 0 spiro atoms. The zero-order chi connectivity index (χ0) is 14.3. The van der Waals surface area contributed by atoms with E-state index >= 15 is 0 Å². The van der Waals surface area contributed by atoms with Crippen LogP contribution in [-0.2, 0) is 4.79 Å². The highest BCUT2D eigenvalue weighted by Gasteiger charge is 2.30.